The lowest BCUT2D eigenvalue weighted by Crippen LogP contribution is -2.11. The number of hydrogen-bond donors (Lipinski definition) is 0. The highest BCUT2D eigenvalue weighted by molar-refractivity contribution is 6.31. The molecule has 0 aliphatic carbocycles. The first-order valence-corrected chi connectivity index (χ1v) is 9.65. The van der Waals surface area contributed by atoms with E-state index in [0.29, 0.717) is 21.2 Å². The molecule has 0 saturated carbocycles. The number of benzene rings is 3. The van der Waals surface area contributed by atoms with Gasteiger partial charge in [-0.05, 0) is 54.6 Å². The van der Waals surface area contributed by atoms with Gasteiger partial charge in [-0.25, -0.2) is 4.39 Å². The van der Waals surface area contributed by atoms with Gasteiger partial charge in [0.05, 0.1) is 10.4 Å². The molecule has 0 bridgehead atoms. The quantitative estimate of drug-likeness (QED) is 0.332. The van der Waals surface area contributed by atoms with Gasteiger partial charge in [0.1, 0.15) is 18.0 Å². The molecule has 0 radical (unpaired) electrons. The summed E-state index contributed by atoms with van der Waals surface area (Å²) in [4.78, 5) is 13.1. The van der Waals surface area contributed by atoms with Crippen molar-refractivity contribution in [3.05, 3.63) is 97.3 Å². The van der Waals surface area contributed by atoms with Crippen LogP contribution in [0, 0.1) is 5.82 Å². The second-order valence-electron chi connectivity index (χ2n) is 6.23. The highest BCUT2D eigenvalue weighted by Gasteiger charge is 2.19. The first-order chi connectivity index (χ1) is 13.9. The second kappa shape index (κ2) is 8.07. The number of halogens is 4. The van der Waals surface area contributed by atoms with E-state index in [0.717, 1.165) is 0 Å². The molecule has 7 heteroatoms. The van der Waals surface area contributed by atoms with Crippen molar-refractivity contribution in [3.8, 4) is 17.1 Å². The van der Waals surface area contributed by atoms with Crippen LogP contribution in [-0.4, -0.2) is 0 Å². The predicted molar refractivity (Wildman–Crippen MR) is 114 cm³/mol. The molecule has 0 unspecified atom stereocenters. The van der Waals surface area contributed by atoms with Gasteiger partial charge in [0.25, 0.3) is 0 Å². The minimum atomic E-state index is -0.529. The summed E-state index contributed by atoms with van der Waals surface area (Å²) in [5.74, 6) is -0.394. The Morgan fingerprint density at radius 3 is 2.38 bits per heavy atom. The van der Waals surface area contributed by atoms with Crippen molar-refractivity contribution in [2.75, 3.05) is 0 Å². The highest BCUT2D eigenvalue weighted by Crippen LogP contribution is 2.33. The molecule has 3 aromatic carbocycles. The zero-order chi connectivity index (χ0) is 20.5. The number of rotatable bonds is 4. The lowest BCUT2D eigenvalue weighted by Gasteiger charge is -2.13. The molecular formula is C22H12Cl3FO3. The summed E-state index contributed by atoms with van der Waals surface area (Å²) in [6.07, 6.45) is 0. The van der Waals surface area contributed by atoms with Gasteiger partial charge in [0.15, 0.2) is 5.76 Å². The average Bonchev–Trinajstić information content (AvgIpc) is 2.70. The van der Waals surface area contributed by atoms with Crippen molar-refractivity contribution >= 4 is 45.8 Å². The summed E-state index contributed by atoms with van der Waals surface area (Å²) in [5.41, 5.74) is 0.645. The summed E-state index contributed by atoms with van der Waals surface area (Å²) < 4.78 is 25.8. The van der Waals surface area contributed by atoms with Crippen LogP contribution in [-0.2, 0) is 6.61 Å². The third kappa shape index (κ3) is 3.97. The van der Waals surface area contributed by atoms with E-state index < -0.39 is 11.2 Å². The summed E-state index contributed by atoms with van der Waals surface area (Å²) in [5, 5.41) is 1.37. The molecule has 0 amide bonds. The molecule has 1 heterocycles. The van der Waals surface area contributed by atoms with E-state index in [1.54, 1.807) is 42.5 Å². The first-order valence-electron chi connectivity index (χ1n) is 8.52. The van der Waals surface area contributed by atoms with Gasteiger partial charge in [-0.2, -0.15) is 0 Å². The third-order valence-corrected chi connectivity index (χ3v) is 5.18. The van der Waals surface area contributed by atoms with Crippen LogP contribution < -0.4 is 10.2 Å². The van der Waals surface area contributed by atoms with Gasteiger partial charge in [-0.1, -0.05) is 40.9 Å². The molecule has 0 aliphatic heterocycles. The number of ether oxygens (including phenoxy) is 1. The van der Waals surface area contributed by atoms with E-state index in [4.69, 9.17) is 44.0 Å². The van der Waals surface area contributed by atoms with Gasteiger partial charge in [0.2, 0.25) is 11.2 Å². The summed E-state index contributed by atoms with van der Waals surface area (Å²) in [6.45, 7) is -0.247. The minimum absolute atomic E-state index is 0.0681. The summed E-state index contributed by atoms with van der Waals surface area (Å²) >= 11 is 18.1. The Morgan fingerprint density at radius 1 is 0.931 bits per heavy atom. The van der Waals surface area contributed by atoms with Crippen LogP contribution in [0.3, 0.4) is 0 Å². The fourth-order valence-electron chi connectivity index (χ4n) is 2.89. The van der Waals surface area contributed by atoms with Gasteiger partial charge in [0, 0.05) is 21.2 Å². The van der Waals surface area contributed by atoms with Crippen molar-refractivity contribution in [2.24, 2.45) is 0 Å². The van der Waals surface area contributed by atoms with E-state index in [1.165, 1.54) is 18.2 Å². The monoisotopic (exact) mass is 448 g/mol. The lowest BCUT2D eigenvalue weighted by molar-refractivity contribution is 0.292. The van der Waals surface area contributed by atoms with Crippen molar-refractivity contribution in [1.82, 2.24) is 0 Å². The van der Waals surface area contributed by atoms with E-state index in [2.05, 4.69) is 0 Å². The SMILES string of the molecule is O=c1c(OCc2c(F)cccc2Cl)c(-c2ccc(Cl)cc2)oc2ccc(Cl)cc12. The summed E-state index contributed by atoms with van der Waals surface area (Å²) in [7, 11) is 0. The predicted octanol–water partition coefficient (Wildman–Crippen LogP) is 7.14. The van der Waals surface area contributed by atoms with Crippen LogP contribution in [0.25, 0.3) is 22.3 Å². The molecule has 29 heavy (non-hydrogen) atoms. The molecule has 0 atom stereocenters. The molecule has 0 saturated heterocycles. The van der Waals surface area contributed by atoms with Crippen molar-refractivity contribution in [2.45, 2.75) is 6.61 Å². The molecule has 0 N–H and O–H groups in total. The normalized spacial score (nSPS) is 11.0. The zero-order valence-corrected chi connectivity index (χ0v) is 17.0. The fraction of sp³-hybridized carbons (Fsp3) is 0.0455. The number of hydrogen-bond acceptors (Lipinski definition) is 3. The van der Waals surface area contributed by atoms with Gasteiger partial charge in [-0.15, -0.1) is 0 Å². The van der Waals surface area contributed by atoms with E-state index in [-0.39, 0.29) is 34.1 Å². The van der Waals surface area contributed by atoms with Crippen LogP contribution in [0.15, 0.2) is 69.9 Å². The maximum Gasteiger partial charge on any atom is 0.235 e. The average molecular weight is 450 g/mol. The molecule has 1 aromatic heterocycles. The molecular weight excluding hydrogens is 438 g/mol. The minimum Gasteiger partial charge on any atom is -0.481 e. The Labute approximate surface area is 180 Å². The maximum atomic E-state index is 14.1. The third-order valence-electron chi connectivity index (χ3n) is 4.34. The molecule has 4 rings (SSSR count). The van der Waals surface area contributed by atoms with Gasteiger partial charge < -0.3 is 9.15 Å². The number of fused-ring (bicyclic) bond motifs is 1. The molecule has 0 aliphatic rings. The van der Waals surface area contributed by atoms with Crippen LogP contribution in [0.2, 0.25) is 15.1 Å². The summed E-state index contributed by atoms with van der Waals surface area (Å²) in [6, 6.07) is 15.8. The maximum absolute atomic E-state index is 14.1. The van der Waals surface area contributed by atoms with Crippen LogP contribution in [0.1, 0.15) is 5.56 Å². The molecule has 4 aromatic rings. The molecule has 146 valence electrons. The topological polar surface area (TPSA) is 39.4 Å². The smallest absolute Gasteiger partial charge is 0.235 e. The highest BCUT2D eigenvalue weighted by atomic mass is 35.5. The Morgan fingerprint density at radius 2 is 1.66 bits per heavy atom. The van der Waals surface area contributed by atoms with E-state index >= 15 is 0 Å². The fourth-order valence-corrected chi connectivity index (χ4v) is 3.40. The second-order valence-corrected chi connectivity index (χ2v) is 7.51. The van der Waals surface area contributed by atoms with Crippen molar-refractivity contribution < 1.29 is 13.5 Å². The Hall–Kier alpha value is -2.53. The van der Waals surface area contributed by atoms with E-state index in [9.17, 15) is 9.18 Å². The first kappa shape index (κ1) is 19.8. The lowest BCUT2D eigenvalue weighted by atomic mass is 10.1. The van der Waals surface area contributed by atoms with Crippen molar-refractivity contribution in [1.29, 1.82) is 0 Å². The molecule has 0 fully saturated rings. The van der Waals surface area contributed by atoms with Crippen LogP contribution in [0.5, 0.6) is 5.75 Å². The van der Waals surface area contributed by atoms with Crippen molar-refractivity contribution in [3.63, 3.8) is 0 Å². The van der Waals surface area contributed by atoms with Gasteiger partial charge in [-0.3, -0.25) is 4.79 Å². The van der Waals surface area contributed by atoms with Crippen LogP contribution in [0.4, 0.5) is 4.39 Å². The van der Waals surface area contributed by atoms with E-state index in [1.807, 2.05) is 0 Å². The Kier molecular flexibility index (Phi) is 5.50. The zero-order valence-electron chi connectivity index (χ0n) is 14.7. The van der Waals surface area contributed by atoms with Gasteiger partial charge >= 0.3 is 0 Å². The Bertz CT molecular complexity index is 1250. The Balaban J connectivity index is 1.87. The standard InChI is InChI=1S/C22H12Cl3FO3/c23-13-6-4-12(5-7-13)21-22(28-11-16-17(25)2-1-3-18(16)26)20(27)15-10-14(24)8-9-19(15)29-21/h1-10H,11H2. The van der Waals surface area contributed by atoms with Crippen LogP contribution >= 0.6 is 34.8 Å². The molecule has 0 spiro atoms. The largest absolute Gasteiger partial charge is 0.481 e. The molecule has 3 nitrogen and oxygen atoms in total.